The second-order valence-corrected chi connectivity index (χ2v) is 5.76. The van der Waals surface area contributed by atoms with Gasteiger partial charge in [-0.15, -0.1) is 0 Å². The molecule has 1 aliphatic rings. The fraction of sp³-hybridized carbons (Fsp3) is 0.429. The van der Waals surface area contributed by atoms with E-state index in [-0.39, 0.29) is 17.7 Å². The molecule has 0 fully saturated rings. The van der Waals surface area contributed by atoms with Crippen LogP contribution < -0.4 is 10.6 Å². The Labute approximate surface area is 112 Å². The van der Waals surface area contributed by atoms with Gasteiger partial charge in [0.1, 0.15) is 6.04 Å². The largest absolute Gasteiger partial charge is 0.481 e. The predicted molar refractivity (Wildman–Crippen MR) is 73.4 cm³/mol. The summed E-state index contributed by atoms with van der Waals surface area (Å²) in [7, 11) is 0. The number of hydrogen-bond acceptors (Lipinski definition) is 3. The number of hydrogen-bond donors (Lipinski definition) is 3. The molecule has 5 heteroatoms. The summed E-state index contributed by atoms with van der Waals surface area (Å²) in [6.07, 6.45) is -0.232. The van der Waals surface area contributed by atoms with Crippen LogP contribution in [-0.2, 0) is 15.0 Å². The van der Waals surface area contributed by atoms with Gasteiger partial charge >= 0.3 is 5.97 Å². The highest BCUT2D eigenvalue weighted by Gasteiger charge is 2.31. The maximum atomic E-state index is 11.8. The number of para-hydroxylation sites is 1. The van der Waals surface area contributed by atoms with Gasteiger partial charge in [0.2, 0.25) is 5.91 Å². The van der Waals surface area contributed by atoms with Crippen molar-refractivity contribution in [1.29, 1.82) is 0 Å². The van der Waals surface area contributed by atoms with Crippen LogP contribution in [0.2, 0.25) is 0 Å². The summed E-state index contributed by atoms with van der Waals surface area (Å²) < 4.78 is 0. The molecular formula is C14H18N2O3. The smallest absolute Gasteiger partial charge is 0.305 e. The molecule has 2 rings (SSSR count). The number of aliphatic carboxylic acids is 1. The van der Waals surface area contributed by atoms with Gasteiger partial charge in [0.25, 0.3) is 0 Å². The molecule has 1 aromatic carbocycles. The Balaban J connectivity index is 2.41. The van der Waals surface area contributed by atoms with Crippen LogP contribution >= 0.6 is 0 Å². The van der Waals surface area contributed by atoms with Gasteiger partial charge in [-0.2, -0.15) is 0 Å². The highest BCUT2D eigenvalue weighted by Crippen LogP contribution is 2.37. The lowest BCUT2D eigenvalue weighted by Crippen LogP contribution is -2.41. The number of carbonyl (C=O) groups is 2. The standard InChI is InChI=1S/C14H18N2O3/c1-14(2,3)8-5-4-6-9-12(8)15-10(7-11(17)18)13(19)16-9/h4-6,10,15H,7H2,1-3H3,(H,16,19)(H,17,18). The minimum atomic E-state index is -0.996. The first-order valence-electron chi connectivity index (χ1n) is 6.22. The van der Waals surface area contributed by atoms with Crippen molar-refractivity contribution in [2.75, 3.05) is 10.6 Å². The summed E-state index contributed by atoms with van der Waals surface area (Å²) in [5.41, 5.74) is 2.49. The van der Waals surface area contributed by atoms with Crippen molar-refractivity contribution >= 4 is 23.3 Å². The van der Waals surface area contributed by atoms with Crippen molar-refractivity contribution in [3.05, 3.63) is 23.8 Å². The van der Waals surface area contributed by atoms with Crippen LogP contribution in [-0.4, -0.2) is 23.0 Å². The van der Waals surface area contributed by atoms with Crippen molar-refractivity contribution in [1.82, 2.24) is 0 Å². The van der Waals surface area contributed by atoms with Crippen molar-refractivity contribution in [2.24, 2.45) is 0 Å². The van der Waals surface area contributed by atoms with Gasteiger partial charge in [-0.3, -0.25) is 9.59 Å². The summed E-state index contributed by atoms with van der Waals surface area (Å²) >= 11 is 0. The Bertz CT molecular complexity index is 532. The fourth-order valence-corrected chi connectivity index (χ4v) is 2.21. The molecule has 0 saturated carbocycles. The van der Waals surface area contributed by atoms with Gasteiger partial charge < -0.3 is 15.7 Å². The van der Waals surface area contributed by atoms with Crippen LogP contribution in [0.25, 0.3) is 0 Å². The number of carbonyl (C=O) groups excluding carboxylic acids is 1. The van der Waals surface area contributed by atoms with Crippen LogP contribution in [0.4, 0.5) is 11.4 Å². The maximum absolute atomic E-state index is 11.8. The number of fused-ring (bicyclic) bond motifs is 1. The van der Waals surface area contributed by atoms with E-state index >= 15 is 0 Å². The highest BCUT2D eigenvalue weighted by molar-refractivity contribution is 6.05. The van der Waals surface area contributed by atoms with Gasteiger partial charge in [-0.05, 0) is 17.0 Å². The van der Waals surface area contributed by atoms with E-state index in [2.05, 4.69) is 31.4 Å². The summed E-state index contributed by atoms with van der Waals surface area (Å²) in [5, 5.41) is 14.7. The van der Waals surface area contributed by atoms with Gasteiger partial charge in [0, 0.05) is 0 Å². The van der Waals surface area contributed by atoms with Gasteiger partial charge in [0.05, 0.1) is 17.8 Å². The minimum absolute atomic E-state index is 0.0891. The predicted octanol–water partition coefficient (Wildman–Crippen LogP) is 2.19. The average molecular weight is 262 g/mol. The average Bonchev–Trinajstić information content (AvgIpc) is 2.27. The van der Waals surface area contributed by atoms with E-state index in [1.807, 2.05) is 18.2 Å². The van der Waals surface area contributed by atoms with Crippen molar-refractivity contribution in [2.45, 2.75) is 38.6 Å². The first-order valence-corrected chi connectivity index (χ1v) is 6.22. The number of carboxylic acid groups (broad SMARTS) is 1. The highest BCUT2D eigenvalue weighted by atomic mass is 16.4. The SMILES string of the molecule is CC(C)(C)c1cccc2c1NC(CC(=O)O)C(=O)N2. The Morgan fingerprint density at radius 1 is 1.37 bits per heavy atom. The zero-order valence-electron chi connectivity index (χ0n) is 11.3. The molecule has 5 nitrogen and oxygen atoms in total. The monoisotopic (exact) mass is 262 g/mol. The Kier molecular flexibility index (Phi) is 3.22. The number of benzene rings is 1. The molecule has 1 aliphatic heterocycles. The molecule has 1 heterocycles. The number of carboxylic acids is 1. The normalized spacial score (nSPS) is 18.3. The van der Waals surface area contributed by atoms with Crippen LogP contribution in [0.1, 0.15) is 32.8 Å². The van der Waals surface area contributed by atoms with E-state index in [4.69, 9.17) is 5.11 Å². The van der Waals surface area contributed by atoms with Gasteiger partial charge in [-0.1, -0.05) is 32.9 Å². The Morgan fingerprint density at radius 2 is 2.05 bits per heavy atom. The summed E-state index contributed by atoms with van der Waals surface area (Å²) in [6, 6.07) is 4.96. The lowest BCUT2D eigenvalue weighted by atomic mass is 9.84. The number of rotatable bonds is 2. The van der Waals surface area contributed by atoms with Crippen molar-refractivity contribution < 1.29 is 14.7 Å². The zero-order chi connectivity index (χ0) is 14.2. The van der Waals surface area contributed by atoms with E-state index in [0.29, 0.717) is 5.69 Å². The van der Waals surface area contributed by atoms with Crippen molar-refractivity contribution in [3.8, 4) is 0 Å². The molecule has 1 unspecified atom stereocenters. The summed E-state index contributed by atoms with van der Waals surface area (Å²) in [6.45, 7) is 6.23. The zero-order valence-corrected chi connectivity index (χ0v) is 11.3. The molecule has 0 aliphatic carbocycles. The molecule has 0 aromatic heterocycles. The number of anilines is 2. The molecule has 1 aromatic rings. The quantitative estimate of drug-likeness (QED) is 0.763. The topological polar surface area (TPSA) is 78.4 Å². The van der Waals surface area contributed by atoms with Crippen molar-refractivity contribution in [3.63, 3.8) is 0 Å². The van der Waals surface area contributed by atoms with Gasteiger partial charge in [0.15, 0.2) is 0 Å². The fourth-order valence-electron chi connectivity index (χ4n) is 2.21. The third-order valence-corrected chi connectivity index (χ3v) is 3.14. The lowest BCUT2D eigenvalue weighted by molar-refractivity contribution is -0.138. The molecule has 1 atom stereocenters. The molecule has 0 spiro atoms. The van der Waals surface area contributed by atoms with E-state index in [0.717, 1.165) is 11.3 Å². The first kappa shape index (κ1) is 13.4. The number of amides is 1. The molecule has 3 N–H and O–H groups in total. The molecular weight excluding hydrogens is 244 g/mol. The van der Waals surface area contributed by atoms with E-state index in [9.17, 15) is 9.59 Å². The molecule has 102 valence electrons. The van der Waals surface area contributed by atoms with Gasteiger partial charge in [-0.25, -0.2) is 0 Å². The molecule has 0 radical (unpaired) electrons. The minimum Gasteiger partial charge on any atom is -0.481 e. The molecule has 1 amide bonds. The third-order valence-electron chi connectivity index (χ3n) is 3.14. The van der Waals surface area contributed by atoms with Crippen LogP contribution in [0.15, 0.2) is 18.2 Å². The Hall–Kier alpha value is -2.04. The Morgan fingerprint density at radius 3 is 2.63 bits per heavy atom. The van der Waals surface area contributed by atoms with Crippen LogP contribution in [0.3, 0.4) is 0 Å². The third kappa shape index (κ3) is 2.70. The van der Waals surface area contributed by atoms with Crippen LogP contribution in [0.5, 0.6) is 0 Å². The second-order valence-electron chi connectivity index (χ2n) is 5.76. The number of nitrogens with one attached hydrogen (secondary N) is 2. The second kappa shape index (κ2) is 4.57. The van der Waals surface area contributed by atoms with E-state index in [1.165, 1.54) is 0 Å². The van der Waals surface area contributed by atoms with E-state index in [1.54, 1.807) is 0 Å². The summed E-state index contributed by atoms with van der Waals surface area (Å²) in [5.74, 6) is -1.30. The molecule has 0 saturated heterocycles. The van der Waals surface area contributed by atoms with Crippen LogP contribution in [0, 0.1) is 0 Å². The van der Waals surface area contributed by atoms with E-state index < -0.39 is 12.0 Å². The first-order chi connectivity index (χ1) is 8.79. The molecule has 19 heavy (non-hydrogen) atoms. The lowest BCUT2D eigenvalue weighted by Gasteiger charge is -2.31. The maximum Gasteiger partial charge on any atom is 0.305 e. The summed E-state index contributed by atoms with van der Waals surface area (Å²) in [4.78, 5) is 22.6. The molecule has 0 bridgehead atoms.